The van der Waals surface area contributed by atoms with E-state index >= 15 is 0 Å². The Morgan fingerprint density at radius 3 is 1.17 bits per heavy atom. The van der Waals surface area contributed by atoms with Gasteiger partial charge in [-0.05, 0) is 61.1 Å². The van der Waals surface area contributed by atoms with Gasteiger partial charge in [0, 0.05) is 0 Å². The zero-order valence-electron chi connectivity index (χ0n) is 26.8. The molecule has 0 spiro atoms. The van der Waals surface area contributed by atoms with Gasteiger partial charge in [-0.1, -0.05) is 63.8 Å². The molecule has 0 unspecified atom stereocenters. The molecule has 2 aromatic carbocycles. The molecule has 6 nitrogen and oxygen atoms in total. The number of likely N-dealkylation sites (N-methyl/N-ethyl adjacent to an activating group) is 2. The van der Waals surface area contributed by atoms with E-state index in [2.05, 4.69) is 42.0 Å². The predicted molar refractivity (Wildman–Crippen MR) is 164 cm³/mol. The van der Waals surface area contributed by atoms with Gasteiger partial charge in [-0.15, -0.1) is 0 Å². The lowest BCUT2D eigenvalue weighted by atomic mass is 10.0. The normalized spacial score (nSPS) is 11.3. The fourth-order valence-corrected chi connectivity index (χ4v) is 4.69. The maximum atomic E-state index is 12.5. The highest BCUT2D eigenvalue weighted by Crippen LogP contribution is 2.21. The van der Waals surface area contributed by atoms with Crippen LogP contribution in [0.1, 0.15) is 85.9 Å². The molecule has 0 N–H and O–H groups in total. The van der Waals surface area contributed by atoms with E-state index in [9.17, 15) is 9.59 Å². The van der Waals surface area contributed by atoms with Crippen molar-refractivity contribution in [3.63, 3.8) is 0 Å². The van der Waals surface area contributed by atoms with Gasteiger partial charge in [0.05, 0.1) is 52.4 Å². The molecule has 0 radical (unpaired) electrons. The van der Waals surface area contributed by atoms with Gasteiger partial charge in [0.15, 0.2) is 0 Å². The van der Waals surface area contributed by atoms with Gasteiger partial charge in [0.1, 0.15) is 26.3 Å². The monoisotopic (exact) mass is 808 g/mol. The number of quaternary nitrogens is 2. The second kappa shape index (κ2) is 21.5. The smallest absolute Gasteiger partial charge is 0.338 e. The van der Waals surface area contributed by atoms with E-state index in [1.165, 1.54) is 51.4 Å². The number of unbranched alkanes of at least 4 members (excludes halogenated alkanes) is 6. The van der Waals surface area contributed by atoms with Crippen LogP contribution in [0.4, 0.5) is 0 Å². The minimum Gasteiger partial charge on any atom is -1.00 e. The van der Waals surface area contributed by atoms with Crippen LogP contribution in [-0.2, 0) is 9.47 Å². The van der Waals surface area contributed by atoms with Crippen molar-refractivity contribution >= 4 is 11.9 Å². The summed E-state index contributed by atoms with van der Waals surface area (Å²) in [5, 5.41) is 0. The molecule has 0 saturated heterocycles. The summed E-state index contributed by atoms with van der Waals surface area (Å²) < 4.78 is 12.8. The van der Waals surface area contributed by atoms with Crippen molar-refractivity contribution in [1.29, 1.82) is 0 Å². The Morgan fingerprint density at radius 2 is 0.857 bits per heavy atom. The molecule has 0 aliphatic rings. The molecular weight excluding hydrogens is 754 g/mol. The summed E-state index contributed by atoms with van der Waals surface area (Å²) in [6.45, 7) is 9.07. The number of benzene rings is 2. The number of carbonyl (C=O) groups is 2. The van der Waals surface area contributed by atoms with Crippen LogP contribution in [-0.4, -0.2) is 88.5 Å². The maximum absolute atomic E-state index is 12.5. The number of hydrogen-bond donors (Lipinski definition) is 0. The topological polar surface area (TPSA) is 52.6 Å². The van der Waals surface area contributed by atoms with Gasteiger partial charge in [-0.3, -0.25) is 0 Å². The van der Waals surface area contributed by atoms with Crippen molar-refractivity contribution < 1.29 is 76.0 Å². The van der Waals surface area contributed by atoms with Crippen LogP contribution in [0, 0.1) is 0 Å². The zero-order chi connectivity index (χ0) is 29.4. The number of halogens is 2. The van der Waals surface area contributed by atoms with Crippen molar-refractivity contribution in [2.45, 2.75) is 65.2 Å². The highest BCUT2D eigenvalue weighted by Gasteiger charge is 2.18. The molecule has 0 atom stereocenters. The standard InChI is InChI=1S/C34H54N2O4.2HI/c1-7-9-11-13-23-35(3,4)25-27-39-33(37)31-19-15-29(16-20-31)30-17-21-32(22-18-30)34(38)40-28-26-36(5,6)24-14-12-10-8-2;;/h15-22H,7-14,23-28H2,1-6H3;2*1H/q+2;;/p-2. The lowest BCUT2D eigenvalue weighted by Gasteiger charge is -2.29. The largest absolute Gasteiger partial charge is 1.00 e. The number of ether oxygens (including phenoxy) is 2. The summed E-state index contributed by atoms with van der Waals surface area (Å²) in [5.74, 6) is -0.586. The minimum atomic E-state index is -0.293. The van der Waals surface area contributed by atoms with Crippen molar-refractivity contribution in [2.75, 3.05) is 67.6 Å². The Balaban J connectivity index is 0.00000840. The molecule has 0 aromatic heterocycles. The first kappa shape index (κ1) is 40.8. The fraction of sp³-hybridized carbons (Fsp3) is 0.588. The Hall–Kier alpha value is -1.24. The van der Waals surface area contributed by atoms with Gasteiger partial charge in [-0.25, -0.2) is 9.59 Å². The first-order valence-corrected chi connectivity index (χ1v) is 15.3. The van der Waals surface area contributed by atoms with Crippen molar-refractivity contribution in [1.82, 2.24) is 0 Å². The number of hydrogen-bond acceptors (Lipinski definition) is 4. The molecule has 0 fully saturated rings. The maximum Gasteiger partial charge on any atom is 0.338 e. The third-order valence-corrected chi connectivity index (χ3v) is 7.67. The predicted octanol–water partition coefficient (Wildman–Crippen LogP) is 0.989. The molecule has 8 heteroatoms. The van der Waals surface area contributed by atoms with Gasteiger partial charge in [0.25, 0.3) is 0 Å². The van der Waals surface area contributed by atoms with E-state index in [4.69, 9.17) is 9.47 Å². The Kier molecular flexibility index (Phi) is 20.8. The lowest BCUT2D eigenvalue weighted by Crippen LogP contribution is -3.00. The van der Waals surface area contributed by atoms with E-state index < -0.39 is 0 Å². The Bertz CT molecular complexity index is 941. The molecule has 0 amide bonds. The second-order valence-corrected chi connectivity index (χ2v) is 12.3. The van der Waals surface area contributed by atoms with E-state index in [1.54, 1.807) is 24.3 Å². The van der Waals surface area contributed by atoms with Gasteiger partial charge in [-0.2, -0.15) is 0 Å². The van der Waals surface area contributed by atoms with Crippen LogP contribution < -0.4 is 48.0 Å². The van der Waals surface area contributed by atoms with Crippen LogP contribution >= 0.6 is 0 Å². The first-order chi connectivity index (χ1) is 19.1. The summed E-state index contributed by atoms with van der Waals surface area (Å²) in [7, 11) is 8.76. The quantitative estimate of drug-likeness (QED) is 0.0922. The highest BCUT2D eigenvalue weighted by molar-refractivity contribution is 5.91. The van der Waals surface area contributed by atoms with Gasteiger partial charge in [0.2, 0.25) is 0 Å². The van der Waals surface area contributed by atoms with Crippen LogP contribution in [0.2, 0.25) is 0 Å². The Labute approximate surface area is 289 Å². The summed E-state index contributed by atoms with van der Waals surface area (Å²) in [6, 6.07) is 14.9. The fourth-order valence-electron chi connectivity index (χ4n) is 4.69. The van der Waals surface area contributed by atoms with Crippen LogP contribution in [0.15, 0.2) is 48.5 Å². The summed E-state index contributed by atoms with van der Waals surface area (Å²) in [5.41, 5.74) is 3.04. The number of rotatable bonds is 19. The molecule has 0 bridgehead atoms. The van der Waals surface area contributed by atoms with Crippen LogP contribution in [0.5, 0.6) is 0 Å². The summed E-state index contributed by atoms with van der Waals surface area (Å²) >= 11 is 0. The van der Waals surface area contributed by atoms with Crippen LogP contribution in [0.25, 0.3) is 11.1 Å². The summed E-state index contributed by atoms with van der Waals surface area (Å²) in [6.07, 6.45) is 9.95. The molecule has 2 aromatic rings. The van der Waals surface area contributed by atoms with E-state index in [0.717, 1.165) is 46.3 Å². The van der Waals surface area contributed by atoms with E-state index in [1.807, 2.05) is 24.3 Å². The van der Waals surface area contributed by atoms with E-state index in [0.29, 0.717) is 24.3 Å². The molecule has 0 aliphatic carbocycles. The number of esters is 2. The highest BCUT2D eigenvalue weighted by atomic mass is 127. The SMILES string of the molecule is CCCCCC[N+](C)(C)CCOC(=O)c1ccc(-c2ccc(C(=O)OCC[N+](C)(C)CCCCCC)cc2)cc1.[I-].[I-]. The molecule has 2 rings (SSSR count). The van der Waals surface area contributed by atoms with E-state index in [-0.39, 0.29) is 59.9 Å². The summed E-state index contributed by atoms with van der Waals surface area (Å²) in [4.78, 5) is 25.1. The second-order valence-electron chi connectivity index (χ2n) is 12.3. The van der Waals surface area contributed by atoms with Crippen molar-refractivity contribution in [3.8, 4) is 11.1 Å². The zero-order valence-corrected chi connectivity index (χ0v) is 31.1. The average Bonchev–Trinajstić information content (AvgIpc) is 2.93. The Morgan fingerprint density at radius 1 is 0.524 bits per heavy atom. The molecule has 0 saturated carbocycles. The molecule has 238 valence electrons. The average molecular weight is 809 g/mol. The van der Waals surface area contributed by atoms with Crippen molar-refractivity contribution in [2.24, 2.45) is 0 Å². The molecule has 0 heterocycles. The lowest BCUT2D eigenvalue weighted by molar-refractivity contribution is -0.890. The van der Waals surface area contributed by atoms with Crippen molar-refractivity contribution in [3.05, 3.63) is 59.7 Å². The first-order valence-electron chi connectivity index (χ1n) is 15.3. The van der Waals surface area contributed by atoms with Gasteiger partial charge >= 0.3 is 11.9 Å². The third kappa shape index (κ3) is 16.0. The minimum absolute atomic E-state index is 0. The number of nitrogens with zero attached hydrogens (tertiary/aromatic N) is 2. The molecule has 0 aliphatic heterocycles. The third-order valence-electron chi connectivity index (χ3n) is 7.67. The van der Waals surface area contributed by atoms with Crippen LogP contribution in [0.3, 0.4) is 0 Å². The molecule has 42 heavy (non-hydrogen) atoms. The van der Waals surface area contributed by atoms with Gasteiger partial charge < -0.3 is 66.4 Å². The number of carbonyl (C=O) groups excluding carboxylic acids is 2. The molecular formula is C34H54I2N2O4.